The van der Waals surface area contributed by atoms with Gasteiger partial charge in [-0.15, -0.1) is 0 Å². The fourth-order valence-corrected chi connectivity index (χ4v) is 0.823. The van der Waals surface area contributed by atoms with Crippen molar-refractivity contribution >= 4 is 0 Å². The van der Waals surface area contributed by atoms with Gasteiger partial charge in [0.25, 0.3) is 0 Å². The van der Waals surface area contributed by atoms with Crippen molar-refractivity contribution in [3.05, 3.63) is 0 Å². The van der Waals surface area contributed by atoms with Crippen LogP contribution in [0.25, 0.3) is 0 Å². The van der Waals surface area contributed by atoms with E-state index in [4.69, 9.17) is 11.0 Å². The molecule has 0 aliphatic carbocycles. The van der Waals surface area contributed by atoms with Crippen molar-refractivity contribution in [2.45, 2.75) is 26.2 Å². The Hall–Kier alpha value is -0.550. The molecule has 1 unspecified atom stereocenters. The molecule has 0 aliphatic heterocycles. The first-order valence-corrected chi connectivity index (χ1v) is 3.44. The van der Waals surface area contributed by atoms with E-state index in [1.807, 2.05) is 0 Å². The maximum Gasteiger partial charge on any atom is 0.0656 e. The molecule has 1 atom stereocenters. The van der Waals surface area contributed by atoms with Gasteiger partial charge in [0.05, 0.1) is 6.07 Å². The number of rotatable bonds is 4. The third kappa shape index (κ3) is 3.99. The van der Waals surface area contributed by atoms with Crippen molar-refractivity contribution in [3.8, 4) is 6.07 Å². The third-order valence-corrected chi connectivity index (χ3v) is 1.33. The summed E-state index contributed by atoms with van der Waals surface area (Å²) >= 11 is 0. The van der Waals surface area contributed by atoms with Gasteiger partial charge in [-0.25, -0.2) is 0 Å². The molecule has 0 saturated carbocycles. The second-order valence-electron chi connectivity index (χ2n) is 2.19. The monoisotopic (exact) mass is 126 g/mol. The van der Waals surface area contributed by atoms with Crippen molar-refractivity contribution in [3.63, 3.8) is 0 Å². The molecule has 0 aromatic carbocycles. The van der Waals surface area contributed by atoms with E-state index in [9.17, 15) is 0 Å². The van der Waals surface area contributed by atoms with E-state index < -0.39 is 0 Å². The number of nitriles is 1. The maximum absolute atomic E-state index is 8.48. The molecule has 52 valence electrons. The van der Waals surface area contributed by atoms with Crippen LogP contribution in [0.15, 0.2) is 0 Å². The lowest BCUT2D eigenvalue weighted by atomic mass is 10.0. The van der Waals surface area contributed by atoms with Crippen LogP contribution in [0, 0.1) is 17.2 Å². The Morgan fingerprint density at radius 1 is 1.56 bits per heavy atom. The molecule has 2 N–H and O–H groups in total. The normalized spacial score (nSPS) is 12.6. The molecule has 0 rings (SSSR count). The molecule has 0 saturated heterocycles. The van der Waals surface area contributed by atoms with Gasteiger partial charge in [-0.3, -0.25) is 0 Å². The lowest BCUT2D eigenvalue weighted by Gasteiger charge is -2.02. The van der Waals surface area contributed by atoms with Crippen LogP contribution in [0.3, 0.4) is 0 Å². The average Bonchev–Trinajstić information content (AvgIpc) is 1.88. The highest BCUT2D eigenvalue weighted by atomic mass is 14.5. The topological polar surface area (TPSA) is 49.8 Å². The van der Waals surface area contributed by atoms with Gasteiger partial charge in [0, 0.05) is 5.92 Å². The minimum Gasteiger partial charge on any atom is -0.330 e. The van der Waals surface area contributed by atoms with Crippen LogP contribution in [0.4, 0.5) is 0 Å². The molecular weight excluding hydrogens is 112 g/mol. The van der Waals surface area contributed by atoms with Crippen LogP contribution in [-0.2, 0) is 0 Å². The average molecular weight is 126 g/mol. The highest BCUT2D eigenvalue weighted by molar-refractivity contribution is 4.81. The highest BCUT2D eigenvalue weighted by Gasteiger charge is 2.02. The van der Waals surface area contributed by atoms with Crippen LogP contribution in [0.2, 0.25) is 0 Å². The molecule has 0 aromatic rings. The predicted molar refractivity (Wildman–Crippen MR) is 37.7 cm³/mol. The summed E-state index contributed by atoms with van der Waals surface area (Å²) in [5, 5.41) is 8.48. The standard InChI is InChI=1S/C7H14N2/c1-2-3-7(6-9)4-5-8/h7H,2-5,8H2,1H3. The Morgan fingerprint density at radius 3 is 2.56 bits per heavy atom. The second kappa shape index (κ2) is 5.58. The molecule has 0 aliphatic rings. The molecule has 2 nitrogen and oxygen atoms in total. The number of nitrogens with two attached hydrogens (primary N) is 1. The molecule has 9 heavy (non-hydrogen) atoms. The molecule has 0 bridgehead atoms. The van der Waals surface area contributed by atoms with Crippen molar-refractivity contribution in [2.24, 2.45) is 11.7 Å². The zero-order valence-electron chi connectivity index (χ0n) is 5.93. The van der Waals surface area contributed by atoms with E-state index in [0.29, 0.717) is 6.54 Å². The summed E-state index contributed by atoms with van der Waals surface area (Å²) in [5.74, 6) is 0.194. The van der Waals surface area contributed by atoms with Crippen LogP contribution in [0.5, 0.6) is 0 Å². The first-order valence-electron chi connectivity index (χ1n) is 3.44. The molecular formula is C7H14N2. The van der Waals surface area contributed by atoms with E-state index in [-0.39, 0.29) is 5.92 Å². The Bertz CT molecular complexity index is 87.6. The summed E-state index contributed by atoms with van der Waals surface area (Å²) in [6, 6.07) is 2.22. The number of hydrogen-bond acceptors (Lipinski definition) is 2. The molecule has 0 radical (unpaired) electrons. The summed E-state index contributed by atoms with van der Waals surface area (Å²) in [5.41, 5.74) is 5.28. The SMILES string of the molecule is CCCC(C#N)CCN. The van der Waals surface area contributed by atoms with Gasteiger partial charge in [0.1, 0.15) is 0 Å². The quantitative estimate of drug-likeness (QED) is 0.616. The predicted octanol–water partition coefficient (Wildman–Crippen LogP) is 1.28. The van der Waals surface area contributed by atoms with Gasteiger partial charge < -0.3 is 5.73 Å². The Kier molecular flexibility index (Phi) is 5.24. The Labute approximate surface area is 56.7 Å². The summed E-state index contributed by atoms with van der Waals surface area (Å²) in [4.78, 5) is 0. The van der Waals surface area contributed by atoms with Crippen molar-refractivity contribution in [1.82, 2.24) is 0 Å². The third-order valence-electron chi connectivity index (χ3n) is 1.33. The lowest BCUT2D eigenvalue weighted by molar-refractivity contribution is 0.555. The smallest absolute Gasteiger partial charge is 0.0656 e. The summed E-state index contributed by atoms with van der Waals surface area (Å²) in [6.45, 7) is 2.72. The zero-order chi connectivity index (χ0) is 7.11. The van der Waals surface area contributed by atoms with Gasteiger partial charge >= 0.3 is 0 Å². The van der Waals surface area contributed by atoms with E-state index in [0.717, 1.165) is 19.3 Å². The van der Waals surface area contributed by atoms with Crippen molar-refractivity contribution in [1.29, 1.82) is 5.26 Å². The van der Waals surface area contributed by atoms with Crippen LogP contribution in [-0.4, -0.2) is 6.54 Å². The van der Waals surface area contributed by atoms with E-state index >= 15 is 0 Å². The molecule has 0 heterocycles. The van der Waals surface area contributed by atoms with Crippen molar-refractivity contribution in [2.75, 3.05) is 6.54 Å². The van der Waals surface area contributed by atoms with Gasteiger partial charge in [-0.1, -0.05) is 13.3 Å². The van der Waals surface area contributed by atoms with Crippen LogP contribution >= 0.6 is 0 Å². The van der Waals surface area contributed by atoms with Crippen LogP contribution in [0.1, 0.15) is 26.2 Å². The minimum absolute atomic E-state index is 0.194. The number of hydrogen-bond donors (Lipinski definition) is 1. The largest absolute Gasteiger partial charge is 0.330 e. The first-order chi connectivity index (χ1) is 4.35. The van der Waals surface area contributed by atoms with E-state index in [2.05, 4.69) is 13.0 Å². The van der Waals surface area contributed by atoms with Gasteiger partial charge in [0.15, 0.2) is 0 Å². The first kappa shape index (κ1) is 8.45. The van der Waals surface area contributed by atoms with Gasteiger partial charge in [-0.2, -0.15) is 5.26 Å². The highest BCUT2D eigenvalue weighted by Crippen LogP contribution is 2.07. The van der Waals surface area contributed by atoms with Gasteiger partial charge in [0.2, 0.25) is 0 Å². The van der Waals surface area contributed by atoms with E-state index in [1.165, 1.54) is 0 Å². The summed E-state index contributed by atoms with van der Waals surface area (Å²) in [6.07, 6.45) is 2.93. The van der Waals surface area contributed by atoms with Crippen LogP contribution < -0.4 is 5.73 Å². The summed E-state index contributed by atoms with van der Waals surface area (Å²) in [7, 11) is 0. The Balaban J connectivity index is 3.32. The molecule has 0 fully saturated rings. The van der Waals surface area contributed by atoms with Gasteiger partial charge in [-0.05, 0) is 19.4 Å². The fourth-order valence-electron chi connectivity index (χ4n) is 0.823. The molecule has 0 amide bonds. The molecule has 0 spiro atoms. The van der Waals surface area contributed by atoms with E-state index in [1.54, 1.807) is 0 Å². The lowest BCUT2D eigenvalue weighted by Crippen LogP contribution is -2.06. The van der Waals surface area contributed by atoms with Crippen molar-refractivity contribution < 1.29 is 0 Å². The maximum atomic E-state index is 8.48. The summed E-state index contributed by atoms with van der Waals surface area (Å²) < 4.78 is 0. The number of nitrogens with zero attached hydrogens (tertiary/aromatic N) is 1. The fraction of sp³-hybridized carbons (Fsp3) is 0.857. The second-order valence-corrected chi connectivity index (χ2v) is 2.19. The molecule has 0 aromatic heterocycles. The zero-order valence-corrected chi connectivity index (χ0v) is 5.93. The molecule has 2 heteroatoms. The minimum atomic E-state index is 0.194. The Morgan fingerprint density at radius 2 is 2.22 bits per heavy atom.